The summed E-state index contributed by atoms with van der Waals surface area (Å²) >= 11 is 0. The second-order valence-corrected chi connectivity index (χ2v) is 6.12. The fourth-order valence-corrected chi connectivity index (χ4v) is 3.18. The van der Waals surface area contributed by atoms with Crippen LogP contribution in [-0.2, 0) is 6.42 Å². The van der Waals surface area contributed by atoms with Gasteiger partial charge in [-0.05, 0) is 48.9 Å². The van der Waals surface area contributed by atoms with E-state index < -0.39 is 0 Å². The molecule has 1 unspecified atom stereocenters. The van der Waals surface area contributed by atoms with Crippen LogP contribution in [0.4, 0.5) is 9.18 Å². The zero-order chi connectivity index (χ0) is 16.2. The maximum Gasteiger partial charge on any atom is 0.317 e. The first-order chi connectivity index (χ1) is 11.2. The molecule has 1 fully saturated rings. The van der Waals surface area contributed by atoms with E-state index in [4.69, 9.17) is 0 Å². The summed E-state index contributed by atoms with van der Waals surface area (Å²) in [6, 6.07) is 4.60. The third-order valence-corrected chi connectivity index (χ3v) is 4.46. The van der Waals surface area contributed by atoms with E-state index in [1.165, 1.54) is 12.1 Å². The number of hydrogen-bond acceptors (Lipinski definition) is 2. The van der Waals surface area contributed by atoms with Gasteiger partial charge in [-0.25, -0.2) is 9.18 Å². The molecule has 0 saturated carbocycles. The molecule has 1 saturated heterocycles. The maximum absolute atomic E-state index is 13.2. The van der Waals surface area contributed by atoms with Crippen LogP contribution in [0.5, 0.6) is 0 Å². The van der Waals surface area contributed by atoms with Gasteiger partial charge in [0.25, 0.3) is 0 Å². The molecule has 1 aliphatic heterocycles. The van der Waals surface area contributed by atoms with E-state index in [1.807, 2.05) is 6.20 Å². The fourth-order valence-electron chi connectivity index (χ4n) is 3.18. The van der Waals surface area contributed by atoms with Crippen molar-refractivity contribution in [1.82, 2.24) is 15.2 Å². The van der Waals surface area contributed by atoms with E-state index in [9.17, 15) is 14.3 Å². The quantitative estimate of drug-likeness (QED) is 0.809. The van der Waals surface area contributed by atoms with Crippen LogP contribution < -0.4 is 5.32 Å². The number of halogens is 1. The number of likely N-dealkylation sites (tertiary alicyclic amines) is 1. The van der Waals surface area contributed by atoms with E-state index in [2.05, 4.69) is 10.3 Å². The van der Waals surface area contributed by atoms with Crippen molar-refractivity contribution < 1.29 is 14.3 Å². The third-order valence-electron chi connectivity index (χ3n) is 4.46. The molecule has 2 aromatic rings. The van der Waals surface area contributed by atoms with Gasteiger partial charge in [0, 0.05) is 43.3 Å². The Morgan fingerprint density at radius 1 is 1.48 bits per heavy atom. The number of aromatic nitrogens is 1. The average molecular weight is 319 g/mol. The van der Waals surface area contributed by atoms with Gasteiger partial charge >= 0.3 is 6.03 Å². The monoisotopic (exact) mass is 319 g/mol. The number of piperidine rings is 1. The Kier molecular flexibility index (Phi) is 4.81. The number of carbonyl (C=O) groups is 1. The number of nitrogens with zero attached hydrogens (tertiary/aromatic N) is 1. The van der Waals surface area contributed by atoms with Crippen molar-refractivity contribution in [3.63, 3.8) is 0 Å². The lowest BCUT2D eigenvalue weighted by atomic mass is 9.99. The summed E-state index contributed by atoms with van der Waals surface area (Å²) in [7, 11) is 0. The second kappa shape index (κ2) is 7.00. The van der Waals surface area contributed by atoms with Gasteiger partial charge in [-0.1, -0.05) is 0 Å². The molecule has 5 nitrogen and oxygen atoms in total. The van der Waals surface area contributed by atoms with Crippen molar-refractivity contribution in [3.05, 3.63) is 35.8 Å². The number of hydrogen-bond donors (Lipinski definition) is 3. The van der Waals surface area contributed by atoms with Crippen LogP contribution in [0, 0.1) is 11.7 Å². The number of benzene rings is 1. The first-order valence-corrected chi connectivity index (χ1v) is 8.06. The van der Waals surface area contributed by atoms with Gasteiger partial charge in [-0.2, -0.15) is 0 Å². The Hall–Kier alpha value is -2.08. The molecule has 124 valence electrons. The fraction of sp³-hybridized carbons (Fsp3) is 0.471. The van der Waals surface area contributed by atoms with E-state index in [0.29, 0.717) is 19.5 Å². The van der Waals surface area contributed by atoms with Crippen molar-refractivity contribution in [1.29, 1.82) is 0 Å². The van der Waals surface area contributed by atoms with Crippen LogP contribution in [0.2, 0.25) is 0 Å². The lowest BCUT2D eigenvalue weighted by Crippen LogP contribution is -2.46. The number of H-pyrrole nitrogens is 1. The van der Waals surface area contributed by atoms with E-state index in [-0.39, 0.29) is 24.4 Å². The molecule has 23 heavy (non-hydrogen) atoms. The normalized spacial score (nSPS) is 18.3. The number of carbonyl (C=O) groups excluding carboxylic acids is 1. The van der Waals surface area contributed by atoms with Crippen LogP contribution in [-0.4, -0.2) is 47.3 Å². The molecule has 1 aromatic heterocycles. The largest absolute Gasteiger partial charge is 0.396 e. The van der Waals surface area contributed by atoms with Crippen LogP contribution >= 0.6 is 0 Å². The highest BCUT2D eigenvalue weighted by atomic mass is 19.1. The number of aliphatic hydroxyl groups excluding tert-OH is 1. The zero-order valence-electron chi connectivity index (χ0n) is 13.0. The summed E-state index contributed by atoms with van der Waals surface area (Å²) in [5.41, 5.74) is 1.83. The van der Waals surface area contributed by atoms with Gasteiger partial charge in [0.2, 0.25) is 0 Å². The minimum absolute atomic E-state index is 0.0750. The van der Waals surface area contributed by atoms with Crippen molar-refractivity contribution in [2.45, 2.75) is 19.3 Å². The minimum Gasteiger partial charge on any atom is -0.396 e. The molecule has 1 aromatic carbocycles. The summed E-state index contributed by atoms with van der Waals surface area (Å²) < 4.78 is 13.2. The molecule has 0 radical (unpaired) electrons. The smallest absolute Gasteiger partial charge is 0.317 e. The Labute approximate surface area is 134 Å². The van der Waals surface area contributed by atoms with Gasteiger partial charge in [-0.15, -0.1) is 0 Å². The van der Waals surface area contributed by atoms with E-state index in [1.54, 1.807) is 11.0 Å². The highest BCUT2D eigenvalue weighted by Gasteiger charge is 2.22. The average Bonchev–Trinajstić information content (AvgIpc) is 2.97. The first-order valence-electron chi connectivity index (χ1n) is 8.06. The number of nitrogens with one attached hydrogen (secondary N) is 2. The van der Waals surface area contributed by atoms with Crippen LogP contribution in [0.1, 0.15) is 18.4 Å². The standard InChI is InChI=1S/C17H22FN3O2/c18-14-3-4-15-13(9-20-16(15)8-14)5-6-19-17(23)21-7-1-2-12(10-21)11-22/h3-4,8-9,12,20,22H,1-2,5-7,10-11H2,(H,19,23). The number of amides is 2. The van der Waals surface area contributed by atoms with Crippen LogP contribution in [0.25, 0.3) is 10.9 Å². The van der Waals surface area contributed by atoms with Gasteiger partial charge in [0.1, 0.15) is 5.82 Å². The molecular weight excluding hydrogens is 297 g/mol. The summed E-state index contributed by atoms with van der Waals surface area (Å²) in [4.78, 5) is 17.0. The number of aliphatic hydroxyl groups is 1. The highest BCUT2D eigenvalue weighted by Crippen LogP contribution is 2.19. The molecule has 0 spiro atoms. The van der Waals surface area contributed by atoms with Crippen molar-refractivity contribution >= 4 is 16.9 Å². The number of urea groups is 1. The molecule has 0 aliphatic carbocycles. The Balaban J connectivity index is 1.53. The zero-order valence-corrected chi connectivity index (χ0v) is 13.0. The summed E-state index contributed by atoms with van der Waals surface area (Å²) in [5, 5.41) is 13.1. The highest BCUT2D eigenvalue weighted by molar-refractivity contribution is 5.83. The lowest BCUT2D eigenvalue weighted by molar-refractivity contribution is 0.129. The van der Waals surface area contributed by atoms with E-state index >= 15 is 0 Å². The molecule has 2 amide bonds. The van der Waals surface area contributed by atoms with Gasteiger partial charge in [0.05, 0.1) is 0 Å². The Morgan fingerprint density at radius 2 is 2.35 bits per heavy atom. The van der Waals surface area contributed by atoms with Gasteiger partial charge < -0.3 is 20.3 Å². The van der Waals surface area contributed by atoms with Crippen molar-refractivity contribution in [3.8, 4) is 0 Å². The molecule has 1 atom stereocenters. The molecule has 3 N–H and O–H groups in total. The molecule has 1 aliphatic rings. The number of aromatic amines is 1. The molecule has 0 bridgehead atoms. The predicted octanol–water partition coefficient (Wildman–Crippen LogP) is 2.26. The Morgan fingerprint density at radius 3 is 3.17 bits per heavy atom. The SMILES string of the molecule is O=C(NCCc1c[nH]c2cc(F)ccc12)N1CCCC(CO)C1. The first kappa shape index (κ1) is 15.8. The summed E-state index contributed by atoms with van der Waals surface area (Å²) in [5.74, 6) is -0.0687. The maximum atomic E-state index is 13.2. The second-order valence-electron chi connectivity index (χ2n) is 6.12. The van der Waals surface area contributed by atoms with Crippen LogP contribution in [0.15, 0.2) is 24.4 Å². The molecule has 2 heterocycles. The van der Waals surface area contributed by atoms with Crippen LogP contribution in [0.3, 0.4) is 0 Å². The molecule has 3 rings (SSSR count). The minimum atomic E-state index is -0.261. The Bertz CT molecular complexity index is 686. The van der Waals surface area contributed by atoms with Gasteiger partial charge in [-0.3, -0.25) is 0 Å². The predicted molar refractivity (Wildman–Crippen MR) is 86.7 cm³/mol. The number of rotatable bonds is 4. The topological polar surface area (TPSA) is 68.4 Å². The van der Waals surface area contributed by atoms with Crippen molar-refractivity contribution in [2.75, 3.05) is 26.2 Å². The summed E-state index contributed by atoms with van der Waals surface area (Å²) in [6.45, 7) is 2.03. The molecule has 6 heteroatoms. The van der Waals surface area contributed by atoms with Crippen molar-refractivity contribution in [2.24, 2.45) is 5.92 Å². The lowest BCUT2D eigenvalue weighted by Gasteiger charge is -2.31. The number of fused-ring (bicyclic) bond motifs is 1. The molecular formula is C17H22FN3O2. The summed E-state index contributed by atoms with van der Waals surface area (Å²) in [6.07, 6.45) is 4.46. The third kappa shape index (κ3) is 3.64. The van der Waals surface area contributed by atoms with E-state index in [0.717, 1.165) is 35.9 Å². The van der Waals surface area contributed by atoms with Gasteiger partial charge in [0.15, 0.2) is 0 Å².